The third-order valence-electron chi connectivity index (χ3n) is 9.33. The number of allylic oxidation sites excluding steroid dienone is 1. The van der Waals surface area contributed by atoms with E-state index in [9.17, 15) is 4.79 Å². The normalized spacial score (nSPS) is 13.0. The summed E-state index contributed by atoms with van der Waals surface area (Å²) in [7, 11) is 3.70. The average Bonchev–Trinajstić information content (AvgIpc) is 3.15. The Morgan fingerprint density at radius 2 is 1.57 bits per heavy atom. The van der Waals surface area contributed by atoms with Crippen LogP contribution in [0.3, 0.4) is 0 Å². The minimum absolute atomic E-state index is 0. The molecular weight excluding hydrogens is 874 g/mol. The molecule has 1 aliphatic rings. The molecule has 0 aliphatic carbocycles. The van der Waals surface area contributed by atoms with Crippen LogP contribution in [-0.4, -0.2) is 39.6 Å². The molecule has 1 saturated heterocycles. The standard InChI is InChI=1S/C24H40ClNO.C9H12O.C7H15N.C3H5.C2H6.U/c1-6-11-19(3)12-9-8-10-13-21-14-15-23(22(25)18-21)26(5)17-16-24(27)20(4)7-2;1-3-8-4-6-9(10-2)7-5-8;1-2-7-3-5-8-6-4-7;1-3-2;1-2;/h14-15,18-20H,6-13,16-17H2,1-5H3;4-7H,3H2,1-2H3;7-8H,2-6H2,1H3;1,3H,2H3;1-2H3;/q;;;-1;;. The Labute approximate surface area is 346 Å². The fraction of sp³-hybridized carbons (Fsp3) is 0.667. The Hall–Kier alpha value is -1.25. The average molecular weight is 953 g/mol. The van der Waals surface area contributed by atoms with Gasteiger partial charge in [-0.1, -0.05) is 131 Å². The number of ether oxygens (including phenoxy) is 1. The number of hydrogen-bond donors (Lipinski definition) is 1. The number of benzene rings is 2. The number of rotatable bonds is 17. The van der Waals surface area contributed by atoms with Crippen molar-refractivity contribution < 1.29 is 40.6 Å². The second-order valence-electron chi connectivity index (χ2n) is 13.4. The number of anilines is 1. The largest absolute Gasteiger partial charge is 0.518 e. The van der Waals surface area contributed by atoms with Crippen LogP contribution in [-0.2, 0) is 17.6 Å². The summed E-state index contributed by atoms with van der Waals surface area (Å²) in [6, 6.07) is 14.5. The summed E-state index contributed by atoms with van der Waals surface area (Å²) < 4.78 is 5.01. The van der Waals surface area contributed by atoms with E-state index in [0.717, 1.165) is 54.1 Å². The van der Waals surface area contributed by atoms with Gasteiger partial charge in [-0.3, -0.25) is 10.9 Å². The van der Waals surface area contributed by atoms with Crippen molar-refractivity contribution in [2.24, 2.45) is 17.8 Å². The number of hydrogen-bond acceptors (Lipinski definition) is 4. The molecule has 0 amide bonds. The first kappa shape index (κ1) is 54.1. The van der Waals surface area contributed by atoms with Crippen molar-refractivity contribution in [3.8, 4) is 5.75 Å². The molecule has 0 spiro atoms. The monoisotopic (exact) mass is 952 g/mol. The van der Waals surface area contributed by atoms with E-state index in [1.54, 1.807) is 14.0 Å². The van der Waals surface area contributed by atoms with E-state index >= 15 is 0 Å². The molecule has 0 bridgehead atoms. The number of unbranched alkanes of at least 4 members (excludes halogenated alkanes) is 2. The van der Waals surface area contributed by atoms with Crippen LogP contribution in [0.4, 0.5) is 5.69 Å². The Bertz CT molecular complexity index is 1050. The quantitative estimate of drug-likeness (QED) is 0.127. The Kier molecular flexibility index (Phi) is 39.3. The smallest absolute Gasteiger partial charge is 0.137 e. The number of nitrogens with zero attached hydrogens (tertiary/aromatic N) is 1. The number of carbonyl (C=O) groups is 1. The van der Waals surface area contributed by atoms with E-state index in [2.05, 4.69) is 75.2 Å². The molecule has 1 aliphatic heterocycles. The second kappa shape index (κ2) is 37.1. The van der Waals surface area contributed by atoms with Crippen molar-refractivity contribution in [2.75, 3.05) is 38.7 Å². The zero-order chi connectivity index (χ0) is 38.2. The number of halogens is 1. The minimum atomic E-state index is 0. The number of piperidine rings is 1. The maximum atomic E-state index is 12.0. The summed E-state index contributed by atoms with van der Waals surface area (Å²) in [6.45, 7) is 26.9. The molecular formula is C45H78ClN2O2U-. The summed E-state index contributed by atoms with van der Waals surface area (Å²) in [4.78, 5) is 14.1. The molecule has 1 fully saturated rings. The van der Waals surface area contributed by atoms with Crippen LogP contribution < -0.4 is 15.0 Å². The van der Waals surface area contributed by atoms with Gasteiger partial charge in [-0.25, -0.2) is 0 Å². The Morgan fingerprint density at radius 3 is 2.04 bits per heavy atom. The number of methoxy groups -OCH3 is 1. The van der Waals surface area contributed by atoms with Gasteiger partial charge < -0.3 is 21.5 Å². The van der Waals surface area contributed by atoms with Crippen LogP contribution in [0.5, 0.6) is 5.75 Å². The Morgan fingerprint density at radius 1 is 0.980 bits per heavy atom. The van der Waals surface area contributed by atoms with Gasteiger partial charge in [-0.2, -0.15) is 0 Å². The number of Topliss-reactive ketones (excluding diaryl/α,β-unsaturated/α-hetero) is 1. The number of aryl methyl sites for hydroxylation is 2. The van der Waals surface area contributed by atoms with Gasteiger partial charge in [0.1, 0.15) is 11.5 Å². The predicted octanol–water partition coefficient (Wildman–Crippen LogP) is 13.0. The molecule has 6 heteroatoms. The molecule has 1 N–H and O–H groups in total. The first-order valence-electron chi connectivity index (χ1n) is 20.0. The maximum absolute atomic E-state index is 12.0. The van der Waals surface area contributed by atoms with E-state index < -0.39 is 0 Å². The van der Waals surface area contributed by atoms with Crippen LogP contribution in [0.2, 0.25) is 5.02 Å². The SMILES string of the molecule is CC.CCC1CCNCC1.CCCC(C)CCCCCc1ccc(N(C)CCC(=O)C(C)CC)c(Cl)c1.CCc1ccc(OC)cc1.[CH-]=CC.[U]. The van der Waals surface area contributed by atoms with Crippen LogP contribution in [0.15, 0.2) is 48.5 Å². The molecule has 4 nitrogen and oxygen atoms in total. The minimum Gasteiger partial charge on any atom is -0.518 e. The Balaban J connectivity index is -0.000000776. The molecule has 51 heavy (non-hydrogen) atoms. The van der Waals surface area contributed by atoms with Gasteiger partial charge in [0, 0.05) is 57.0 Å². The van der Waals surface area contributed by atoms with Crippen LogP contribution in [0.1, 0.15) is 144 Å². The van der Waals surface area contributed by atoms with E-state index in [1.807, 2.05) is 40.0 Å². The van der Waals surface area contributed by atoms with Crippen molar-refractivity contribution in [1.29, 1.82) is 0 Å². The van der Waals surface area contributed by atoms with Gasteiger partial charge in [0.2, 0.25) is 0 Å². The molecule has 2 unspecified atom stereocenters. The van der Waals surface area contributed by atoms with Gasteiger partial charge in [-0.05, 0) is 98.8 Å². The number of nitrogens with one attached hydrogen (secondary N) is 1. The predicted molar refractivity (Wildman–Crippen MR) is 224 cm³/mol. The van der Waals surface area contributed by atoms with Crippen LogP contribution in [0.25, 0.3) is 0 Å². The topological polar surface area (TPSA) is 41.6 Å². The maximum Gasteiger partial charge on any atom is 0.137 e. The molecule has 2 atom stereocenters. The molecule has 0 aromatic heterocycles. The zero-order valence-electron chi connectivity index (χ0n) is 34.9. The van der Waals surface area contributed by atoms with Gasteiger partial charge in [0.25, 0.3) is 0 Å². The third kappa shape index (κ3) is 27.9. The van der Waals surface area contributed by atoms with Gasteiger partial charge >= 0.3 is 0 Å². The van der Waals surface area contributed by atoms with Crippen molar-refractivity contribution >= 4 is 23.1 Å². The number of carbonyl (C=O) groups excluding carboxylic acids is 1. The summed E-state index contributed by atoms with van der Waals surface area (Å²) in [5.41, 5.74) is 3.68. The zero-order valence-corrected chi connectivity index (χ0v) is 39.8. The van der Waals surface area contributed by atoms with Gasteiger partial charge in [0.15, 0.2) is 0 Å². The summed E-state index contributed by atoms with van der Waals surface area (Å²) in [6.07, 6.45) is 17.2. The van der Waals surface area contributed by atoms with E-state index in [-0.39, 0.29) is 37.0 Å². The molecule has 2 aromatic rings. The fourth-order valence-electron chi connectivity index (χ4n) is 5.67. The van der Waals surface area contributed by atoms with Crippen molar-refractivity contribution in [2.45, 2.75) is 146 Å². The van der Waals surface area contributed by atoms with E-state index in [0.29, 0.717) is 12.2 Å². The van der Waals surface area contributed by atoms with E-state index in [1.165, 1.54) is 88.1 Å². The van der Waals surface area contributed by atoms with Gasteiger partial charge in [-0.15, -0.1) is 0 Å². The molecule has 0 saturated carbocycles. The molecule has 3 rings (SSSR count). The number of ketones is 1. The van der Waals surface area contributed by atoms with E-state index in [4.69, 9.17) is 22.9 Å². The summed E-state index contributed by atoms with van der Waals surface area (Å²) in [5.74, 6) is 3.31. The molecule has 292 valence electrons. The third-order valence-corrected chi connectivity index (χ3v) is 9.63. The summed E-state index contributed by atoms with van der Waals surface area (Å²) in [5, 5.41) is 4.14. The van der Waals surface area contributed by atoms with Gasteiger partial charge in [0.05, 0.1) is 17.8 Å². The van der Waals surface area contributed by atoms with Crippen LogP contribution >= 0.6 is 11.6 Å². The second-order valence-corrected chi connectivity index (χ2v) is 13.8. The summed E-state index contributed by atoms with van der Waals surface area (Å²) >= 11 is 6.52. The molecule has 1 heterocycles. The van der Waals surface area contributed by atoms with Crippen molar-refractivity contribution in [3.63, 3.8) is 0 Å². The van der Waals surface area contributed by atoms with Crippen molar-refractivity contribution in [3.05, 3.63) is 71.3 Å². The first-order chi connectivity index (χ1) is 24.1. The van der Waals surface area contributed by atoms with Crippen molar-refractivity contribution in [1.82, 2.24) is 5.32 Å². The molecule has 2 aromatic carbocycles. The van der Waals surface area contributed by atoms with Crippen LogP contribution in [0, 0.1) is 55.4 Å². The molecule has 0 radical (unpaired) electrons. The fourth-order valence-corrected chi connectivity index (χ4v) is 6.02. The first-order valence-corrected chi connectivity index (χ1v) is 20.3.